The average Bonchev–Trinajstić information content (AvgIpc) is 2.47. The molecule has 14 heavy (non-hydrogen) atoms. The van der Waals surface area contributed by atoms with Gasteiger partial charge in [0.05, 0.1) is 9.89 Å². The zero-order valence-electron chi connectivity index (χ0n) is 7.40. The molecule has 78 valence electrons. The summed E-state index contributed by atoms with van der Waals surface area (Å²) in [7, 11) is 0. The maximum atomic E-state index is 12.8. The Hall–Kier alpha value is -0.420. The van der Waals surface area contributed by atoms with E-state index in [9.17, 15) is 8.78 Å². The van der Waals surface area contributed by atoms with Crippen LogP contribution in [0.4, 0.5) is 8.78 Å². The van der Waals surface area contributed by atoms with Crippen molar-refractivity contribution < 1.29 is 13.2 Å². The third-order valence-corrected chi connectivity index (χ3v) is 3.09. The van der Waals surface area contributed by atoms with Gasteiger partial charge in [0.15, 0.2) is 0 Å². The van der Waals surface area contributed by atoms with Crippen LogP contribution >= 0.6 is 15.9 Å². The van der Waals surface area contributed by atoms with Gasteiger partial charge in [-0.25, -0.2) is 8.78 Å². The minimum Gasteiger partial charge on any atom is -0.467 e. The summed E-state index contributed by atoms with van der Waals surface area (Å²) in [5, 5.41) is 0. The van der Waals surface area contributed by atoms with Crippen LogP contribution in [-0.4, -0.2) is 12.5 Å². The van der Waals surface area contributed by atoms with Crippen molar-refractivity contribution in [2.45, 2.75) is 24.2 Å². The smallest absolute Gasteiger partial charge is 0.250 e. The van der Waals surface area contributed by atoms with Gasteiger partial charge in [-0.2, -0.15) is 0 Å². The number of nitrogens with two attached hydrogens (primary N) is 1. The number of halogens is 3. The van der Waals surface area contributed by atoms with E-state index < -0.39 is 11.3 Å². The predicted octanol–water partition coefficient (Wildman–Crippen LogP) is 2.67. The lowest BCUT2D eigenvalue weighted by molar-refractivity contribution is -0.129. The Bertz CT molecular complexity index is 342. The number of hydrogen-bond acceptors (Lipinski definition) is 2. The third kappa shape index (κ3) is 1.48. The quantitative estimate of drug-likeness (QED) is 0.893. The van der Waals surface area contributed by atoms with Gasteiger partial charge in [-0.1, -0.05) is 0 Å². The molecule has 2 N–H and O–H groups in total. The molecule has 0 aliphatic heterocycles. The maximum Gasteiger partial charge on any atom is 0.250 e. The van der Waals surface area contributed by atoms with Crippen molar-refractivity contribution in [2.75, 3.05) is 6.54 Å². The van der Waals surface area contributed by atoms with Crippen molar-refractivity contribution in [1.82, 2.24) is 0 Å². The summed E-state index contributed by atoms with van der Waals surface area (Å²) in [6, 6.07) is 1.71. The van der Waals surface area contributed by atoms with Gasteiger partial charge < -0.3 is 10.2 Å². The van der Waals surface area contributed by atoms with Crippen LogP contribution in [-0.2, 0) is 5.41 Å². The molecule has 1 aliphatic carbocycles. The molecule has 1 saturated carbocycles. The van der Waals surface area contributed by atoms with E-state index >= 15 is 0 Å². The van der Waals surface area contributed by atoms with E-state index in [4.69, 9.17) is 10.2 Å². The van der Waals surface area contributed by atoms with Gasteiger partial charge in [-0.3, -0.25) is 0 Å². The van der Waals surface area contributed by atoms with E-state index in [0.717, 1.165) is 4.47 Å². The molecular weight excluding hydrogens is 256 g/mol. The van der Waals surface area contributed by atoms with Crippen LogP contribution in [0.5, 0.6) is 0 Å². The second-order valence-electron chi connectivity index (χ2n) is 3.82. The topological polar surface area (TPSA) is 39.2 Å². The Kier molecular flexibility index (Phi) is 2.19. The van der Waals surface area contributed by atoms with Crippen LogP contribution in [0.2, 0.25) is 0 Å². The van der Waals surface area contributed by atoms with E-state index in [1.54, 1.807) is 6.07 Å². The highest BCUT2D eigenvalue weighted by molar-refractivity contribution is 9.10. The first kappa shape index (κ1) is 10.1. The average molecular weight is 266 g/mol. The van der Waals surface area contributed by atoms with Crippen LogP contribution in [0, 0.1) is 0 Å². The fraction of sp³-hybridized carbons (Fsp3) is 0.556. The Morgan fingerprint density at radius 2 is 2.14 bits per heavy atom. The molecule has 1 aliphatic rings. The predicted molar refractivity (Wildman–Crippen MR) is 51.3 cm³/mol. The first-order chi connectivity index (χ1) is 6.47. The molecule has 0 spiro atoms. The summed E-state index contributed by atoms with van der Waals surface area (Å²) in [5.74, 6) is -2.03. The highest BCUT2D eigenvalue weighted by Gasteiger charge is 2.58. The summed E-state index contributed by atoms with van der Waals surface area (Å²) >= 11 is 3.21. The van der Waals surface area contributed by atoms with Crippen LogP contribution in [0.3, 0.4) is 0 Å². The normalized spacial score (nSPS) is 23.1. The summed E-state index contributed by atoms with van der Waals surface area (Å²) in [6.07, 6.45) is 1.07. The summed E-state index contributed by atoms with van der Waals surface area (Å²) in [5.41, 5.74) is 4.87. The lowest BCUT2D eigenvalue weighted by Gasteiger charge is -2.45. The molecule has 1 aromatic heterocycles. The number of rotatable bonds is 2. The molecule has 0 unspecified atom stereocenters. The minimum atomic E-state index is -2.58. The summed E-state index contributed by atoms with van der Waals surface area (Å²) in [4.78, 5) is 0. The molecule has 0 aromatic carbocycles. The number of hydrogen-bond donors (Lipinski definition) is 1. The molecule has 0 atom stereocenters. The zero-order chi connectivity index (χ0) is 10.4. The van der Waals surface area contributed by atoms with E-state index in [1.165, 1.54) is 6.26 Å². The molecular formula is C9H10BrF2NO. The number of furan rings is 1. The Balaban J connectivity index is 2.24. The minimum absolute atomic E-state index is 0.197. The fourth-order valence-electron chi connectivity index (χ4n) is 1.95. The zero-order valence-corrected chi connectivity index (χ0v) is 8.98. The monoisotopic (exact) mass is 265 g/mol. The molecule has 2 rings (SSSR count). The van der Waals surface area contributed by atoms with E-state index in [0.29, 0.717) is 5.76 Å². The van der Waals surface area contributed by atoms with Crippen LogP contribution < -0.4 is 5.73 Å². The van der Waals surface area contributed by atoms with Gasteiger partial charge >= 0.3 is 0 Å². The molecule has 0 amide bonds. The Morgan fingerprint density at radius 3 is 2.50 bits per heavy atom. The molecule has 1 heterocycles. The standard InChI is InChI=1S/C9H10BrF2NO/c10-6-1-7(14-2-6)8(5-13)3-9(11,12)4-8/h1-2H,3-5,13H2. The molecule has 1 aromatic rings. The molecule has 0 radical (unpaired) electrons. The van der Waals surface area contributed by atoms with Crippen LogP contribution in [0.25, 0.3) is 0 Å². The SMILES string of the molecule is NCC1(c2cc(Br)co2)CC(F)(F)C1. The van der Waals surface area contributed by atoms with Crippen molar-refractivity contribution in [3.05, 3.63) is 22.6 Å². The van der Waals surface area contributed by atoms with Gasteiger partial charge in [0.25, 0.3) is 0 Å². The molecule has 0 saturated heterocycles. The summed E-state index contributed by atoms with van der Waals surface area (Å²) < 4.78 is 31.6. The molecule has 1 fully saturated rings. The largest absolute Gasteiger partial charge is 0.467 e. The maximum absolute atomic E-state index is 12.8. The van der Waals surface area contributed by atoms with Crippen molar-refractivity contribution >= 4 is 15.9 Å². The first-order valence-corrected chi connectivity index (χ1v) is 5.09. The second kappa shape index (κ2) is 3.03. The lowest BCUT2D eigenvalue weighted by Crippen LogP contribution is -2.53. The lowest BCUT2D eigenvalue weighted by atomic mass is 9.64. The van der Waals surface area contributed by atoms with Gasteiger partial charge in [-0.15, -0.1) is 0 Å². The van der Waals surface area contributed by atoms with Crippen molar-refractivity contribution in [3.63, 3.8) is 0 Å². The van der Waals surface area contributed by atoms with Crippen molar-refractivity contribution in [2.24, 2.45) is 5.73 Å². The Morgan fingerprint density at radius 1 is 1.50 bits per heavy atom. The fourth-order valence-corrected chi connectivity index (χ4v) is 2.25. The Labute approximate surface area is 88.6 Å². The third-order valence-electron chi connectivity index (χ3n) is 2.67. The van der Waals surface area contributed by atoms with E-state index in [-0.39, 0.29) is 19.4 Å². The molecule has 5 heteroatoms. The van der Waals surface area contributed by atoms with E-state index in [1.807, 2.05) is 0 Å². The molecule has 2 nitrogen and oxygen atoms in total. The van der Waals surface area contributed by atoms with Crippen LogP contribution in [0.15, 0.2) is 21.2 Å². The number of alkyl halides is 2. The molecule has 0 bridgehead atoms. The highest BCUT2D eigenvalue weighted by Crippen LogP contribution is 2.53. The van der Waals surface area contributed by atoms with Crippen molar-refractivity contribution in [1.29, 1.82) is 0 Å². The summed E-state index contributed by atoms with van der Waals surface area (Å²) in [6.45, 7) is 0.197. The van der Waals surface area contributed by atoms with Gasteiger partial charge in [0.1, 0.15) is 12.0 Å². The van der Waals surface area contributed by atoms with Crippen LogP contribution in [0.1, 0.15) is 18.6 Å². The highest BCUT2D eigenvalue weighted by atomic mass is 79.9. The second-order valence-corrected chi connectivity index (χ2v) is 4.74. The first-order valence-electron chi connectivity index (χ1n) is 4.30. The van der Waals surface area contributed by atoms with Gasteiger partial charge in [0, 0.05) is 19.4 Å². The van der Waals surface area contributed by atoms with E-state index in [2.05, 4.69) is 15.9 Å². The van der Waals surface area contributed by atoms with Gasteiger partial charge in [0.2, 0.25) is 5.92 Å². The van der Waals surface area contributed by atoms with Gasteiger partial charge in [-0.05, 0) is 22.0 Å². The van der Waals surface area contributed by atoms with Crippen molar-refractivity contribution in [3.8, 4) is 0 Å².